The summed E-state index contributed by atoms with van der Waals surface area (Å²) in [6.07, 6.45) is 1.71. The summed E-state index contributed by atoms with van der Waals surface area (Å²) in [6.45, 7) is 3.99. The first-order valence-corrected chi connectivity index (χ1v) is 10.1. The van der Waals surface area contributed by atoms with E-state index in [1.807, 2.05) is 44.2 Å². The van der Waals surface area contributed by atoms with Crippen LogP contribution in [0, 0.1) is 13.8 Å². The number of nitrogens with zero attached hydrogens (tertiary/aromatic N) is 2. The van der Waals surface area contributed by atoms with Crippen LogP contribution in [0.4, 0.5) is 10.5 Å². The van der Waals surface area contributed by atoms with Crippen molar-refractivity contribution in [3.8, 4) is 5.69 Å². The minimum absolute atomic E-state index is 0.234. The van der Waals surface area contributed by atoms with E-state index in [-0.39, 0.29) is 5.70 Å². The van der Waals surface area contributed by atoms with Crippen molar-refractivity contribution in [2.24, 2.45) is 0 Å². The number of aromatic nitrogens is 1. The number of hydrogen-bond donors (Lipinski definition) is 1. The first kappa shape index (κ1) is 19.5. The molecule has 2 aromatic carbocycles. The number of aryl methyl sites for hydroxylation is 1. The number of para-hydroxylation sites is 1. The molecule has 146 valence electrons. The number of carbonyl (C=O) groups excluding carboxylic acids is 2. The predicted molar refractivity (Wildman–Crippen MR) is 118 cm³/mol. The highest BCUT2D eigenvalue weighted by Gasteiger charge is 2.35. The monoisotopic (exact) mass is 469 g/mol. The van der Waals surface area contributed by atoms with Gasteiger partial charge in [0.25, 0.3) is 5.91 Å². The van der Waals surface area contributed by atoms with E-state index in [2.05, 4.69) is 25.8 Å². The van der Waals surface area contributed by atoms with Crippen LogP contribution in [0.3, 0.4) is 0 Å². The van der Waals surface area contributed by atoms with E-state index < -0.39 is 11.9 Å². The third-order valence-corrected chi connectivity index (χ3v) is 5.75. The molecule has 0 atom stereocenters. The highest BCUT2D eigenvalue weighted by Crippen LogP contribution is 2.29. The highest BCUT2D eigenvalue weighted by molar-refractivity contribution is 9.10. The van der Waals surface area contributed by atoms with Gasteiger partial charge in [-0.2, -0.15) is 0 Å². The van der Waals surface area contributed by atoms with Crippen molar-refractivity contribution in [1.82, 2.24) is 9.88 Å². The molecule has 1 aliphatic rings. The van der Waals surface area contributed by atoms with Gasteiger partial charge in [0.1, 0.15) is 5.70 Å². The average Bonchev–Trinajstić information content (AvgIpc) is 3.12. The van der Waals surface area contributed by atoms with E-state index >= 15 is 0 Å². The van der Waals surface area contributed by atoms with E-state index in [9.17, 15) is 9.59 Å². The molecule has 0 aliphatic carbocycles. The standard InChI is InChI=1S/C22H17BrClN3O2/c1-13-11-15(14(2)26(13)20-6-4-3-5-18(20)23)12-19-21(28)27(22(29)25-19)17-9-7-16(24)8-10-17/h3-12H,1-2H3,(H,25,29)/b19-12+. The minimum atomic E-state index is -0.483. The lowest BCUT2D eigenvalue weighted by molar-refractivity contribution is -0.113. The molecule has 3 amide bonds. The van der Waals surface area contributed by atoms with Gasteiger partial charge in [0.15, 0.2) is 0 Å². The Morgan fingerprint density at radius 2 is 1.72 bits per heavy atom. The van der Waals surface area contributed by atoms with Crippen LogP contribution in [0.2, 0.25) is 5.02 Å². The largest absolute Gasteiger partial charge is 0.333 e. The summed E-state index contributed by atoms with van der Waals surface area (Å²) in [7, 11) is 0. The number of hydrogen-bond acceptors (Lipinski definition) is 2. The van der Waals surface area contributed by atoms with Crippen molar-refractivity contribution in [2.45, 2.75) is 13.8 Å². The SMILES string of the molecule is Cc1cc(/C=C2/NC(=O)N(c3ccc(Cl)cc3)C2=O)c(C)n1-c1ccccc1Br. The van der Waals surface area contributed by atoms with Crippen LogP contribution in [0.5, 0.6) is 0 Å². The second-order valence-electron chi connectivity index (χ2n) is 6.72. The first-order valence-electron chi connectivity index (χ1n) is 8.93. The summed E-state index contributed by atoms with van der Waals surface area (Å²) in [4.78, 5) is 26.4. The third kappa shape index (κ3) is 3.50. The number of anilines is 1. The van der Waals surface area contributed by atoms with Crippen LogP contribution in [-0.2, 0) is 4.79 Å². The average molecular weight is 471 g/mol. The van der Waals surface area contributed by atoms with Gasteiger partial charge in [0.05, 0.1) is 11.4 Å². The molecule has 1 saturated heterocycles. The lowest BCUT2D eigenvalue weighted by Gasteiger charge is -2.12. The zero-order valence-electron chi connectivity index (χ0n) is 15.7. The van der Waals surface area contributed by atoms with Gasteiger partial charge >= 0.3 is 6.03 Å². The summed E-state index contributed by atoms with van der Waals surface area (Å²) < 4.78 is 3.08. The van der Waals surface area contributed by atoms with Gasteiger partial charge in [0.2, 0.25) is 0 Å². The van der Waals surface area contributed by atoms with Crippen LogP contribution in [-0.4, -0.2) is 16.5 Å². The number of benzene rings is 2. The highest BCUT2D eigenvalue weighted by atomic mass is 79.9. The number of amides is 3. The smallest absolute Gasteiger partial charge is 0.317 e. The Morgan fingerprint density at radius 1 is 1.03 bits per heavy atom. The maximum absolute atomic E-state index is 12.9. The molecule has 0 saturated carbocycles. The minimum Gasteiger partial charge on any atom is -0.317 e. The fourth-order valence-electron chi connectivity index (χ4n) is 3.45. The van der Waals surface area contributed by atoms with E-state index in [1.165, 1.54) is 0 Å². The number of carbonyl (C=O) groups is 2. The molecule has 1 aliphatic heterocycles. The molecular weight excluding hydrogens is 454 g/mol. The second-order valence-corrected chi connectivity index (χ2v) is 8.01. The molecular formula is C22H17BrClN3O2. The molecule has 5 nitrogen and oxygen atoms in total. The maximum Gasteiger partial charge on any atom is 0.333 e. The maximum atomic E-state index is 12.9. The molecule has 0 unspecified atom stereocenters. The van der Waals surface area contributed by atoms with Crippen molar-refractivity contribution in [1.29, 1.82) is 0 Å². The molecule has 0 radical (unpaired) electrons. The number of rotatable bonds is 3. The molecule has 3 aromatic rings. The zero-order chi connectivity index (χ0) is 20.7. The van der Waals surface area contributed by atoms with Gasteiger partial charge in [-0.05, 0) is 83.9 Å². The summed E-state index contributed by atoms with van der Waals surface area (Å²) in [5.41, 5.74) is 4.56. The quantitative estimate of drug-likeness (QED) is 0.400. The van der Waals surface area contributed by atoms with E-state index in [1.54, 1.807) is 30.3 Å². The Bertz CT molecular complexity index is 1170. The topological polar surface area (TPSA) is 54.3 Å². The Morgan fingerprint density at radius 3 is 2.41 bits per heavy atom. The van der Waals surface area contributed by atoms with E-state index in [0.29, 0.717) is 10.7 Å². The molecule has 2 heterocycles. The Hall–Kier alpha value is -2.83. The van der Waals surface area contributed by atoms with Crippen LogP contribution in [0.15, 0.2) is 64.8 Å². The second kappa shape index (κ2) is 7.54. The summed E-state index contributed by atoms with van der Waals surface area (Å²) >= 11 is 9.49. The predicted octanol–water partition coefficient (Wildman–Crippen LogP) is 5.61. The van der Waals surface area contributed by atoms with Crippen molar-refractivity contribution < 1.29 is 9.59 Å². The number of urea groups is 1. The van der Waals surface area contributed by atoms with E-state index in [0.717, 1.165) is 32.0 Å². The fraction of sp³-hybridized carbons (Fsp3) is 0.0909. The molecule has 7 heteroatoms. The molecule has 1 aromatic heterocycles. The van der Waals surface area contributed by atoms with Gasteiger partial charge in [-0.3, -0.25) is 4.79 Å². The lowest BCUT2D eigenvalue weighted by Crippen LogP contribution is -2.30. The fourth-order valence-corrected chi connectivity index (χ4v) is 4.04. The number of halogens is 2. The Labute approximate surface area is 181 Å². The number of nitrogens with one attached hydrogen (secondary N) is 1. The number of imide groups is 1. The van der Waals surface area contributed by atoms with Gasteiger partial charge in [-0.1, -0.05) is 23.7 Å². The van der Waals surface area contributed by atoms with Crippen LogP contribution in [0.1, 0.15) is 17.0 Å². The van der Waals surface area contributed by atoms with Crippen molar-refractivity contribution in [3.63, 3.8) is 0 Å². The Kier molecular flexibility index (Phi) is 5.06. The van der Waals surface area contributed by atoms with Gasteiger partial charge in [0, 0.05) is 20.9 Å². The summed E-state index contributed by atoms with van der Waals surface area (Å²) in [6, 6.07) is 16.0. The summed E-state index contributed by atoms with van der Waals surface area (Å²) in [5, 5.41) is 3.21. The Balaban J connectivity index is 1.71. The summed E-state index contributed by atoms with van der Waals surface area (Å²) in [5.74, 6) is -0.400. The molecule has 0 spiro atoms. The van der Waals surface area contributed by atoms with Gasteiger partial charge in [-0.15, -0.1) is 0 Å². The van der Waals surface area contributed by atoms with Gasteiger partial charge in [-0.25, -0.2) is 9.69 Å². The van der Waals surface area contributed by atoms with Crippen molar-refractivity contribution >= 4 is 51.2 Å². The third-order valence-electron chi connectivity index (χ3n) is 4.83. The van der Waals surface area contributed by atoms with Crippen LogP contribution >= 0.6 is 27.5 Å². The van der Waals surface area contributed by atoms with Crippen LogP contribution in [0.25, 0.3) is 11.8 Å². The zero-order valence-corrected chi connectivity index (χ0v) is 18.1. The van der Waals surface area contributed by atoms with Crippen LogP contribution < -0.4 is 10.2 Å². The molecule has 4 rings (SSSR count). The molecule has 1 N–H and O–H groups in total. The van der Waals surface area contributed by atoms with Gasteiger partial charge < -0.3 is 9.88 Å². The molecule has 1 fully saturated rings. The molecule has 0 bridgehead atoms. The van der Waals surface area contributed by atoms with Crippen molar-refractivity contribution in [2.75, 3.05) is 4.90 Å². The lowest BCUT2D eigenvalue weighted by atomic mass is 10.2. The van der Waals surface area contributed by atoms with Crippen molar-refractivity contribution in [3.05, 3.63) is 86.7 Å². The van der Waals surface area contributed by atoms with E-state index in [4.69, 9.17) is 11.6 Å². The molecule has 29 heavy (non-hydrogen) atoms. The normalized spacial score (nSPS) is 15.3. The first-order chi connectivity index (χ1) is 13.9.